The largest absolute Gasteiger partial charge is 0.433 e. The van der Waals surface area contributed by atoms with Crippen LogP contribution in [0.5, 0.6) is 5.75 Å². The lowest BCUT2D eigenvalue weighted by Crippen LogP contribution is -2.09. The first-order chi connectivity index (χ1) is 10.9. The predicted molar refractivity (Wildman–Crippen MR) is 86.1 cm³/mol. The van der Waals surface area contributed by atoms with Gasteiger partial charge in [-0.2, -0.15) is 8.78 Å². The first-order valence-corrected chi connectivity index (χ1v) is 8.28. The molecule has 122 valence electrons. The summed E-state index contributed by atoms with van der Waals surface area (Å²) < 4.78 is 54.6. The molecule has 0 aliphatic heterocycles. The normalized spacial score (nSPS) is 11.8. The molecule has 4 nitrogen and oxygen atoms in total. The molecule has 23 heavy (non-hydrogen) atoms. The summed E-state index contributed by atoms with van der Waals surface area (Å²) >= 11 is 5.76. The summed E-state index contributed by atoms with van der Waals surface area (Å²) in [5.41, 5.74) is 0.853. The first kappa shape index (κ1) is 17.2. The summed E-state index contributed by atoms with van der Waals surface area (Å²) in [6, 6.07) is 12.5. The second-order valence-electron chi connectivity index (χ2n) is 4.38. The highest BCUT2D eigenvalue weighted by atomic mass is 35.5. The molecule has 0 unspecified atom stereocenters. The van der Waals surface area contributed by atoms with E-state index in [2.05, 4.69) is 9.46 Å². The summed E-state index contributed by atoms with van der Waals surface area (Å²) in [4.78, 5) is 0. The Morgan fingerprint density at radius 3 is 2.43 bits per heavy atom. The van der Waals surface area contributed by atoms with Crippen molar-refractivity contribution >= 4 is 33.4 Å². The molecule has 0 heterocycles. The molecule has 0 radical (unpaired) electrons. The van der Waals surface area contributed by atoms with Crippen LogP contribution in [-0.2, 0) is 10.0 Å². The zero-order chi connectivity index (χ0) is 16.9. The fourth-order valence-corrected chi connectivity index (χ4v) is 2.77. The maximum absolute atomic E-state index is 12.1. The van der Waals surface area contributed by atoms with Crippen LogP contribution in [0.25, 0.3) is 6.08 Å². The molecule has 1 N–H and O–H groups in total. The minimum atomic E-state index is -3.76. The van der Waals surface area contributed by atoms with Crippen LogP contribution in [0.4, 0.5) is 14.5 Å². The smallest absolute Gasteiger partial charge is 0.387 e. The number of sulfonamides is 1. The van der Waals surface area contributed by atoms with Gasteiger partial charge in [0.1, 0.15) is 5.75 Å². The standard InChI is InChI=1S/C15H12ClF2NO3S/c16-13-10-12(6-7-14(13)22-15(17)18)19-23(20,21)9-8-11-4-2-1-3-5-11/h1-10,15,19H. The zero-order valence-electron chi connectivity index (χ0n) is 11.6. The maximum Gasteiger partial charge on any atom is 0.387 e. The zero-order valence-corrected chi connectivity index (χ0v) is 13.2. The summed E-state index contributed by atoms with van der Waals surface area (Å²) in [6.07, 6.45) is 1.43. The van der Waals surface area contributed by atoms with Gasteiger partial charge >= 0.3 is 6.61 Å². The van der Waals surface area contributed by atoms with E-state index in [0.29, 0.717) is 0 Å². The molecule has 0 amide bonds. The Morgan fingerprint density at radius 1 is 1.13 bits per heavy atom. The second kappa shape index (κ2) is 7.43. The van der Waals surface area contributed by atoms with Gasteiger partial charge in [-0.3, -0.25) is 4.72 Å². The number of nitrogens with one attached hydrogen (secondary N) is 1. The van der Waals surface area contributed by atoms with Gasteiger partial charge in [0, 0.05) is 0 Å². The molecule has 0 aliphatic rings. The molecular weight excluding hydrogens is 348 g/mol. The van der Waals surface area contributed by atoms with E-state index in [9.17, 15) is 17.2 Å². The third-order valence-electron chi connectivity index (χ3n) is 2.65. The Labute approximate surface area is 137 Å². The van der Waals surface area contributed by atoms with Crippen molar-refractivity contribution in [3.05, 3.63) is 64.5 Å². The Hall–Kier alpha value is -2.12. The van der Waals surface area contributed by atoms with E-state index in [4.69, 9.17) is 11.6 Å². The Kier molecular flexibility index (Phi) is 5.57. The third-order valence-corrected chi connectivity index (χ3v) is 3.96. The van der Waals surface area contributed by atoms with Gasteiger partial charge in [-0.25, -0.2) is 8.42 Å². The van der Waals surface area contributed by atoms with Gasteiger partial charge in [-0.15, -0.1) is 0 Å². The van der Waals surface area contributed by atoms with E-state index in [1.165, 1.54) is 18.2 Å². The number of alkyl halides is 2. The fourth-order valence-electron chi connectivity index (χ4n) is 1.69. The number of ether oxygens (including phenoxy) is 1. The van der Waals surface area contributed by atoms with Crippen molar-refractivity contribution in [2.24, 2.45) is 0 Å². The number of anilines is 1. The van der Waals surface area contributed by atoms with Gasteiger partial charge in [0.2, 0.25) is 0 Å². The van der Waals surface area contributed by atoms with Gasteiger partial charge < -0.3 is 4.74 Å². The van der Waals surface area contributed by atoms with Gasteiger partial charge in [0.15, 0.2) is 0 Å². The molecule has 0 aromatic heterocycles. The topological polar surface area (TPSA) is 55.4 Å². The van der Waals surface area contributed by atoms with Crippen LogP contribution in [0.1, 0.15) is 5.56 Å². The highest BCUT2D eigenvalue weighted by molar-refractivity contribution is 7.95. The highest BCUT2D eigenvalue weighted by Crippen LogP contribution is 2.29. The molecule has 8 heteroatoms. The third kappa shape index (κ3) is 5.54. The van der Waals surface area contributed by atoms with E-state index in [-0.39, 0.29) is 16.5 Å². The van der Waals surface area contributed by atoms with Crippen molar-refractivity contribution in [3.63, 3.8) is 0 Å². The molecule has 0 saturated carbocycles. The van der Waals surface area contributed by atoms with Crippen LogP contribution in [0, 0.1) is 0 Å². The van der Waals surface area contributed by atoms with Crippen molar-refractivity contribution in [1.29, 1.82) is 0 Å². The Balaban J connectivity index is 2.11. The Morgan fingerprint density at radius 2 is 1.83 bits per heavy atom. The summed E-state index contributed by atoms with van der Waals surface area (Å²) in [7, 11) is -3.76. The quantitative estimate of drug-likeness (QED) is 0.834. The molecule has 0 atom stereocenters. The van der Waals surface area contributed by atoms with Gasteiger partial charge in [0.25, 0.3) is 10.0 Å². The van der Waals surface area contributed by atoms with Crippen molar-refractivity contribution in [2.75, 3.05) is 4.72 Å². The fraction of sp³-hybridized carbons (Fsp3) is 0.0667. The van der Waals surface area contributed by atoms with Crippen LogP contribution in [0.3, 0.4) is 0 Å². The Bertz CT molecular complexity index is 796. The number of hydrogen-bond donors (Lipinski definition) is 1. The summed E-state index contributed by atoms with van der Waals surface area (Å²) in [5.74, 6) is -0.232. The molecule has 0 saturated heterocycles. The van der Waals surface area contributed by atoms with E-state index < -0.39 is 16.6 Å². The van der Waals surface area contributed by atoms with E-state index in [1.54, 1.807) is 24.3 Å². The summed E-state index contributed by atoms with van der Waals surface area (Å²) in [6.45, 7) is -3.01. The van der Waals surface area contributed by atoms with Crippen LogP contribution in [-0.4, -0.2) is 15.0 Å². The van der Waals surface area contributed by atoms with Gasteiger partial charge in [-0.05, 0) is 29.8 Å². The lowest BCUT2D eigenvalue weighted by molar-refractivity contribution is -0.0497. The van der Waals surface area contributed by atoms with Crippen molar-refractivity contribution in [1.82, 2.24) is 0 Å². The second-order valence-corrected chi connectivity index (χ2v) is 6.36. The van der Waals surface area contributed by atoms with Crippen molar-refractivity contribution in [2.45, 2.75) is 6.61 Å². The van der Waals surface area contributed by atoms with Crippen LogP contribution >= 0.6 is 11.6 Å². The van der Waals surface area contributed by atoms with Crippen LogP contribution in [0.15, 0.2) is 53.9 Å². The minimum absolute atomic E-state index is 0.127. The maximum atomic E-state index is 12.1. The molecular formula is C15H12ClF2NO3S. The lowest BCUT2D eigenvalue weighted by Gasteiger charge is -2.09. The van der Waals surface area contributed by atoms with Crippen molar-refractivity contribution in [3.8, 4) is 5.75 Å². The number of hydrogen-bond acceptors (Lipinski definition) is 3. The van der Waals surface area contributed by atoms with E-state index >= 15 is 0 Å². The number of benzene rings is 2. The number of halogens is 3. The average Bonchev–Trinajstić information content (AvgIpc) is 2.49. The lowest BCUT2D eigenvalue weighted by atomic mass is 10.2. The average molecular weight is 360 g/mol. The molecule has 0 fully saturated rings. The van der Waals surface area contributed by atoms with Gasteiger partial charge in [-0.1, -0.05) is 41.9 Å². The molecule has 2 aromatic rings. The van der Waals surface area contributed by atoms with Gasteiger partial charge in [0.05, 0.1) is 16.1 Å². The minimum Gasteiger partial charge on any atom is -0.433 e. The molecule has 0 aliphatic carbocycles. The predicted octanol–water partition coefficient (Wildman–Crippen LogP) is 4.35. The molecule has 0 bridgehead atoms. The highest BCUT2D eigenvalue weighted by Gasteiger charge is 2.11. The van der Waals surface area contributed by atoms with Crippen molar-refractivity contribution < 1.29 is 21.9 Å². The SMILES string of the molecule is O=S(=O)(C=Cc1ccccc1)Nc1ccc(OC(F)F)c(Cl)c1. The number of rotatable bonds is 6. The summed E-state index contributed by atoms with van der Waals surface area (Å²) in [5, 5.41) is 0.873. The van der Waals surface area contributed by atoms with Crippen LogP contribution < -0.4 is 9.46 Å². The molecule has 2 aromatic carbocycles. The monoisotopic (exact) mass is 359 g/mol. The molecule has 2 rings (SSSR count). The van der Waals surface area contributed by atoms with E-state index in [1.807, 2.05) is 6.07 Å². The van der Waals surface area contributed by atoms with Crippen LogP contribution in [0.2, 0.25) is 5.02 Å². The van der Waals surface area contributed by atoms with E-state index in [0.717, 1.165) is 17.0 Å². The molecule has 0 spiro atoms. The first-order valence-electron chi connectivity index (χ1n) is 6.36.